The van der Waals surface area contributed by atoms with Gasteiger partial charge in [-0.25, -0.2) is 0 Å². The van der Waals surface area contributed by atoms with Crippen molar-refractivity contribution in [2.75, 3.05) is 4.90 Å². The second-order valence-electron chi connectivity index (χ2n) is 20.2. The average Bonchev–Trinajstić information content (AvgIpc) is 4.02. The summed E-state index contributed by atoms with van der Waals surface area (Å²) in [5.74, 6) is 3.49. The molecule has 0 fully saturated rings. The minimum atomic E-state index is -0.687. The Kier molecular flexibility index (Phi) is 8.88. The van der Waals surface area contributed by atoms with Crippen LogP contribution in [0.3, 0.4) is 0 Å². The highest BCUT2D eigenvalue weighted by atomic mass is 16.5. The molecule has 12 aromatic rings. The lowest BCUT2D eigenvalue weighted by Gasteiger charge is -2.40. The van der Waals surface area contributed by atoms with Gasteiger partial charge in [-0.1, -0.05) is 224 Å². The van der Waals surface area contributed by atoms with Crippen molar-refractivity contribution in [2.24, 2.45) is 0 Å². The zero-order valence-electron chi connectivity index (χ0n) is 40.7. The molecule has 3 heteroatoms. The van der Waals surface area contributed by atoms with Crippen LogP contribution in [0, 0.1) is 0 Å². The summed E-state index contributed by atoms with van der Waals surface area (Å²) in [6, 6.07) is 100. The maximum absolute atomic E-state index is 6.85. The number of nitrogens with zero attached hydrogens (tertiary/aromatic N) is 1. The van der Waals surface area contributed by atoms with Crippen molar-refractivity contribution in [3.8, 4) is 67.5 Å². The van der Waals surface area contributed by atoms with Crippen molar-refractivity contribution in [1.29, 1.82) is 0 Å². The van der Waals surface area contributed by atoms with Crippen LogP contribution >= 0.6 is 0 Å². The highest BCUT2D eigenvalue weighted by Crippen LogP contribution is 2.66. The monoisotopic (exact) mass is 955 g/mol. The minimum Gasteiger partial charge on any atom is -0.457 e. The Morgan fingerprint density at radius 3 is 1.29 bits per heavy atom. The van der Waals surface area contributed by atoms with E-state index in [9.17, 15) is 0 Å². The van der Waals surface area contributed by atoms with Crippen LogP contribution in [0.15, 0.2) is 273 Å². The van der Waals surface area contributed by atoms with Gasteiger partial charge in [0, 0.05) is 38.9 Å². The van der Waals surface area contributed by atoms with Crippen molar-refractivity contribution in [3.63, 3.8) is 0 Å². The molecule has 0 aromatic heterocycles. The molecule has 0 saturated heterocycles. The molecule has 2 aliphatic heterocycles. The summed E-state index contributed by atoms with van der Waals surface area (Å²) in [5, 5.41) is 2.36. The summed E-state index contributed by atoms with van der Waals surface area (Å²) in [5.41, 5.74) is 20.9. The van der Waals surface area contributed by atoms with Gasteiger partial charge in [0.25, 0.3) is 0 Å². The van der Waals surface area contributed by atoms with Gasteiger partial charge >= 0.3 is 0 Å². The van der Waals surface area contributed by atoms with Gasteiger partial charge in [0.05, 0.1) is 22.2 Å². The highest BCUT2D eigenvalue weighted by molar-refractivity contribution is 6.12. The van der Waals surface area contributed by atoms with Gasteiger partial charge in [0.2, 0.25) is 0 Å². The molecule has 0 amide bonds. The Hall–Kier alpha value is -9.70. The molecule has 4 aliphatic rings. The van der Waals surface area contributed by atoms with Crippen LogP contribution in [0.25, 0.3) is 55.3 Å². The maximum atomic E-state index is 6.85. The number of ether oxygens (including phenoxy) is 2. The van der Waals surface area contributed by atoms with E-state index in [0.29, 0.717) is 0 Å². The van der Waals surface area contributed by atoms with Crippen LogP contribution in [0.4, 0.5) is 17.1 Å². The molecular weight excluding hydrogens is 911 g/mol. The Morgan fingerprint density at radius 2 is 0.680 bits per heavy atom. The average molecular weight is 956 g/mol. The van der Waals surface area contributed by atoms with Crippen LogP contribution in [0.5, 0.6) is 23.0 Å². The van der Waals surface area contributed by atoms with E-state index in [-0.39, 0.29) is 0 Å². The van der Waals surface area contributed by atoms with Crippen molar-refractivity contribution < 1.29 is 9.47 Å². The highest BCUT2D eigenvalue weighted by Gasteiger charge is 2.53. The first-order valence-electron chi connectivity index (χ1n) is 25.9. The van der Waals surface area contributed by atoms with Crippen LogP contribution in [-0.4, -0.2) is 0 Å². The second kappa shape index (κ2) is 15.9. The van der Waals surface area contributed by atoms with Crippen LogP contribution in [0.2, 0.25) is 0 Å². The van der Waals surface area contributed by atoms with Gasteiger partial charge in [-0.05, 0) is 115 Å². The van der Waals surface area contributed by atoms with Crippen molar-refractivity contribution in [3.05, 3.63) is 317 Å². The molecule has 16 rings (SSSR count). The molecule has 350 valence electrons. The Morgan fingerprint density at radius 1 is 0.253 bits per heavy atom. The van der Waals surface area contributed by atoms with Gasteiger partial charge in [0.1, 0.15) is 23.0 Å². The van der Waals surface area contributed by atoms with Crippen molar-refractivity contribution in [1.82, 2.24) is 0 Å². The molecule has 2 aliphatic carbocycles. The summed E-state index contributed by atoms with van der Waals surface area (Å²) in [6.07, 6.45) is 0. The first-order valence-corrected chi connectivity index (χ1v) is 25.9. The van der Waals surface area contributed by atoms with Crippen LogP contribution in [0.1, 0.15) is 44.5 Å². The molecular formula is C72H45NO2. The zero-order chi connectivity index (χ0) is 49.2. The summed E-state index contributed by atoms with van der Waals surface area (Å²) < 4.78 is 13.7. The van der Waals surface area contributed by atoms with E-state index in [1.54, 1.807) is 0 Å². The largest absolute Gasteiger partial charge is 0.457 e. The lowest BCUT2D eigenvalue weighted by Crippen LogP contribution is -2.32. The van der Waals surface area contributed by atoms with Gasteiger partial charge in [-0.3, -0.25) is 0 Å². The molecule has 3 nitrogen and oxygen atoms in total. The predicted molar refractivity (Wildman–Crippen MR) is 304 cm³/mol. The fourth-order valence-corrected chi connectivity index (χ4v) is 13.6. The first kappa shape index (κ1) is 41.9. The van der Waals surface area contributed by atoms with E-state index in [1.807, 2.05) is 0 Å². The minimum absolute atomic E-state index is 0.660. The standard InChI is InChI=1S/C72H45NO2/c1-2-20-46(21-3-1)47-38-40-48(41-39-47)50-22-8-15-33-64(50)73(49-42-43-52-51-23-6-9-27-56(51)71(62(52)44-49)58-29-11-16-34-66(58)74-67-35-17-12-30-59(67)71)65-45-63-70(54-25-5-4-24-53(54)65)55-26-7-10-28-57(55)72(63)60-31-13-18-36-68(60)75-69-37-19-14-32-61(69)72/h1-45H. The molecule has 0 unspecified atom stereocenters. The molecule has 0 bridgehead atoms. The maximum Gasteiger partial charge on any atom is 0.132 e. The van der Waals surface area contributed by atoms with Crippen molar-refractivity contribution >= 4 is 27.8 Å². The van der Waals surface area contributed by atoms with E-state index < -0.39 is 10.8 Å². The molecule has 0 radical (unpaired) electrons. The number of benzene rings is 12. The molecule has 2 spiro atoms. The molecule has 12 aromatic carbocycles. The van der Waals surface area contributed by atoms with E-state index in [0.717, 1.165) is 78.8 Å². The predicted octanol–water partition coefficient (Wildman–Crippen LogP) is 18.6. The smallest absolute Gasteiger partial charge is 0.132 e. The van der Waals surface area contributed by atoms with E-state index >= 15 is 0 Å². The summed E-state index contributed by atoms with van der Waals surface area (Å²) in [4.78, 5) is 2.56. The Balaban J connectivity index is 1.02. The normalized spacial score (nSPS) is 14.0. The Bertz CT molecular complexity index is 4230. The van der Waals surface area contributed by atoms with Crippen LogP contribution < -0.4 is 14.4 Å². The third-order valence-corrected chi connectivity index (χ3v) is 16.6. The van der Waals surface area contributed by atoms with Gasteiger partial charge in [0.15, 0.2) is 0 Å². The number of para-hydroxylation sites is 5. The summed E-state index contributed by atoms with van der Waals surface area (Å²) in [6.45, 7) is 0. The SMILES string of the molecule is c1ccc(-c2ccc(-c3ccccc3N(c3ccc4c(c3)C3(c5ccccc5Oc5ccccc53)c3ccccc3-4)c3cc4c(c5ccccc35)-c3ccccc3C43c4ccccc4Oc4ccccc43)cc2)cc1. The van der Waals surface area contributed by atoms with Gasteiger partial charge in [-0.15, -0.1) is 0 Å². The fourth-order valence-electron chi connectivity index (χ4n) is 13.6. The molecule has 0 saturated carbocycles. The van der Waals surface area contributed by atoms with E-state index in [4.69, 9.17) is 9.47 Å². The number of fused-ring (bicyclic) bond motifs is 20. The lowest BCUT2D eigenvalue weighted by molar-refractivity contribution is 0.436. The number of hydrogen-bond donors (Lipinski definition) is 0. The number of rotatable bonds is 5. The third kappa shape index (κ3) is 5.70. The molecule has 75 heavy (non-hydrogen) atoms. The molecule has 2 heterocycles. The van der Waals surface area contributed by atoms with Crippen molar-refractivity contribution in [2.45, 2.75) is 10.8 Å². The lowest BCUT2D eigenvalue weighted by atomic mass is 9.66. The second-order valence-corrected chi connectivity index (χ2v) is 20.2. The Labute approximate surface area is 435 Å². The first-order chi connectivity index (χ1) is 37.2. The molecule has 0 N–H and O–H groups in total. The van der Waals surface area contributed by atoms with E-state index in [1.165, 1.54) is 61.0 Å². The van der Waals surface area contributed by atoms with E-state index in [2.05, 4.69) is 278 Å². The number of anilines is 3. The fraction of sp³-hybridized carbons (Fsp3) is 0.0278. The topological polar surface area (TPSA) is 21.7 Å². The summed E-state index contributed by atoms with van der Waals surface area (Å²) >= 11 is 0. The van der Waals surface area contributed by atoms with Crippen LogP contribution in [-0.2, 0) is 10.8 Å². The molecule has 0 atom stereocenters. The van der Waals surface area contributed by atoms with Gasteiger partial charge < -0.3 is 14.4 Å². The number of hydrogen-bond acceptors (Lipinski definition) is 3. The van der Waals surface area contributed by atoms with Gasteiger partial charge in [-0.2, -0.15) is 0 Å². The zero-order valence-corrected chi connectivity index (χ0v) is 40.7. The summed E-state index contributed by atoms with van der Waals surface area (Å²) in [7, 11) is 0. The third-order valence-electron chi connectivity index (χ3n) is 16.6. The quantitative estimate of drug-likeness (QED) is 0.172.